The summed E-state index contributed by atoms with van der Waals surface area (Å²) in [6.45, 7) is 7.81. The largest absolute Gasteiger partial charge is 0.419 e. The van der Waals surface area contributed by atoms with E-state index >= 15 is 0 Å². The molecule has 0 saturated carbocycles. The summed E-state index contributed by atoms with van der Waals surface area (Å²) in [5, 5.41) is 0. The summed E-state index contributed by atoms with van der Waals surface area (Å²) in [5.74, 6) is -1.18. The SMILES string of the molecule is Cc1ccc2oc(=O)n(CCC(=O)N3CCN(C(C)C)CC3C(N)=O)c2c1. The first-order chi connectivity index (χ1) is 12.8. The molecule has 1 aromatic heterocycles. The van der Waals surface area contributed by atoms with Crippen LogP contribution in [0.5, 0.6) is 0 Å². The molecule has 8 nitrogen and oxygen atoms in total. The Kier molecular flexibility index (Phi) is 5.36. The number of carbonyl (C=O) groups excluding carboxylic acids is 2. The lowest BCUT2D eigenvalue weighted by Gasteiger charge is -2.41. The van der Waals surface area contributed by atoms with E-state index in [9.17, 15) is 14.4 Å². The van der Waals surface area contributed by atoms with Gasteiger partial charge in [0, 0.05) is 38.6 Å². The Morgan fingerprint density at radius 3 is 2.70 bits per heavy atom. The molecule has 1 aliphatic heterocycles. The van der Waals surface area contributed by atoms with E-state index in [-0.39, 0.29) is 24.9 Å². The molecule has 2 amide bonds. The maximum Gasteiger partial charge on any atom is 0.419 e. The fourth-order valence-corrected chi connectivity index (χ4v) is 3.55. The molecule has 1 fully saturated rings. The van der Waals surface area contributed by atoms with Gasteiger partial charge in [0.2, 0.25) is 11.8 Å². The normalized spacial score (nSPS) is 18.4. The molecular weight excluding hydrogens is 348 g/mol. The number of fused-ring (bicyclic) bond motifs is 1. The molecule has 1 saturated heterocycles. The second-order valence-electron chi connectivity index (χ2n) is 7.33. The van der Waals surface area contributed by atoms with Gasteiger partial charge in [0.15, 0.2) is 5.58 Å². The molecule has 3 rings (SSSR count). The van der Waals surface area contributed by atoms with Crippen molar-refractivity contribution >= 4 is 22.9 Å². The number of aromatic nitrogens is 1. The molecule has 2 heterocycles. The smallest absolute Gasteiger partial charge is 0.408 e. The molecule has 1 aromatic carbocycles. The van der Waals surface area contributed by atoms with Gasteiger partial charge in [-0.2, -0.15) is 0 Å². The molecule has 2 N–H and O–H groups in total. The van der Waals surface area contributed by atoms with Crippen LogP contribution in [0.2, 0.25) is 0 Å². The molecular formula is C19H26N4O4. The van der Waals surface area contributed by atoms with Gasteiger partial charge < -0.3 is 15.1 Å². The molecule has 0 bridgehead atoms. The highest BCUT2D eigenvalue weighted by atomic mass is 16.4. The standard InChI is InChI=1S/C19H26N4O4/c1-12(2)21-8-9-22(15(11-21)18(20)25)17(24)6-7-23-14-10-13(3)4-5-16(14)27-19(23)26/h4-5,10,12,15H,6-9,11H2,1-3H3,(H2,20,25). The van der Waals surface area contributed by atoms with E-state index in [1.165, 1.54) is 4.57 Å². The number of aryl methyl sites for hydroxylation is 2. The zero-order valence-corrected chi connectivity index (χ0v) is 16.0. The van der Waals surface area contributed by atoms with Gasteiger partial charge in [0.05, 0.1) is 5.52 Å². The van der Waals surface area contributed by atoms with Gasteiger partial charge in [-0.25, -0.2) is 4.79 Å². The lowest BCUT2D eigenvalue weighted by atomic mass is 10.1. The lowest BCUT2D eigenvalue weighted by molar-refractivity contribution is -0.143. The number of piperazine rings is 1. The van der Waals surface area contributed by atoms with Gasteiger partial charge in [0.25, 0.3) is 0 Å². The number of oxazole rings is 1. The Morgan fingerprint density at radius 1 is 1.30 bits per heavy atom. The van der Waals surface area contributed by atoms with Crippen LogP contribution in [0, 0.1) is 6.92 Å². The second kappa shape index (κ2) is 7.56. The molecule has 1 atom stereocenters. The summed E-state index contributed by atoms with van der Waals surface area (Å²) in [6, 6.07) is 5.11. The quantitative estimate of drug-likeness (QED) is 0.830. The van der Waals surface area contributed by atoms with E-state index in [2.05, 4.69) is 4.90 Å². The third kappa shape index (κ3) is 3.90. The van der Waals surface area contributed by atoms with Crippen molar-refractivity contribution in [3.05, 3.63) is 34.3 Å². The highest BCUT2D eigenvalue weighted by Gasteiger charge is 2.34. The zero-order chi connectivity index (χ0) is 19.7. The monoisotopic (exact) mass is 374 g/mol. The van der Waals surface area contributed by atoms with Crippen LogP contribution in [0.4, 0.5) is 0 Å². The minimum absolute atomic E-state index is 0.105. The average Bonchev–Trinajstić information content (AvgIpc) is 2.93. The average molecular weight is 374 g/mol. The number of primary amides is 1. The van der Waals surface area contributed by atoms with Crippen molar-refractivity contribution in [2.24, 2.45) is 5.73 Å². The molecule has 0 spiro atoms. The summed E-state index contributed by atoms with van der Waals surface area (Å²) < 4.78 is 6.70. The predicted octanol–water partition coefficient (Wildman–Crippen LogP) is 0.700. The molecule has 0 aliphatic carbocycles. The summed E-state index contributed by atoms with van der Waals surface area (Å²) >= 11 is 0. The molecule has 1 aliphatic rings. The number of nitrogens with zero attached hydrogens (tertiary/aromatic N) is 3. The van der Waals surface area contributed by atoms with Crippen molar-refractivity contribution in [2.45, 2.75) is 45.8 Å². The number of nitrogens with two attached hydrogens (primary N) is 1. The highest BCUT2D eigenvalue weighted by molar-refractivity contribution is 5.87. The Hall–Kier alpha value is -2.61. The number of hydrogen-bond donors (Lipinski definition) is 1. The molecule has 0 radical (unpaired) electrons. The molecule has 146 valence electrons. The Morgan fingerprint density at radius 2 is 2.04 bits per heavy atom. The topological polar surface area (TPSA) is 102 Å². The summed E-state index contributed by atoms with van der Waals surface area (Å²) in [5.41, 5.74) is 7.70. The zero-order valence-electron chi connectivity index (χ0n) is 16.0. The van der Waals surface area contributed by atoms with Crippen molar-refractivity contribution in [2.75, 3.05) is 19.6 Å². The number of carbonyl (C=O) groups is 2. The van der Waals surface area contributed by atoms with Gasteiger partial charge in [-0.3, -0.25) is 19.1 Å². The first kappa shape index (κ1) is 19.2. The Labute approximate surface area is 157 Å². The second-order valence-corrected chi connectivity index (χ2v) is 7.33. The number of hydrogen-bond acceptors (Lipinski definition) is 5. The first-order valence-corrected chi connectivity index (χ1v) is 9.20. The van der Waals surface area contributed by atoms with Crippen LogP contribution in [0.15, 0.2) is 27.4 Å². The Balaban J connectivity index is 1.74. The van der Waals surface area contributed by atoms with Crippen molar-refractivity contribution in [1.82, 2.24) is 14.4 Å². The van der Waals surface area contributed by atoms with Gasteiger partial charge in [-0.1, -0.05) is 6.07 Å². The van der Waals surface area contributed by atoms with Crippen LogP contribution in [0.3, 0.4) is 0 Å². The van der Waals surface area contributed by atoms with E-state index in [4.69, 9.17) is 10.2 Å². The van der Waals surface area contributed by atoms with E-state index in [1.807, 2.05) is 32.9 Å². The van der Waals surface area contributed by atoms with Gasteiger partial charge >= 0.3 is 5.76 Å². The number of amides is 2. The molecule has 8 heteroatoms. The van der Waals surface area contributed by atoms with Crippen molar-refractivity contribution in [1.29, 1.82) is 0 Å². The highest BCUT2D eigenvalue weighted by Crippen LogP contribution is 2.17. The number of rotatable bonds is 5. The minimum Gasteiger partial charge on any atom is -0.408 e. The van der Waals surface area contributed by atoms with Gasteiger partial charge in [-0.15, -0.1) is 0 Å². The van der Waals surface area contributed by atoms with E-state index in [1.54, 1.807) is 11.0 Å². The third-order valence-electron chi connectivity index (χ3n) is 5.16. The van der Waals surface area contributed by atoms with Crippen LogP contribution in [0.25, 0.3) is 11.1 Å². The number of benzene rings is 1. The fourth-order valence-electron chi connectivity index (χ4n) is 3.55. The van der Waals surface area contributed by atoms with E-state index < -0.39 is 17.7 Å². The third-order valence-corrected chi connectivity index (χ3v) is 5.16. The summed E-state index contributed by atoms with van der Waals surface area (Å²) in [6.07, 6.45) is 0.105. The predicted molar refractivity (Wildman–Crippen MR) is 101 cm³/mol. The first-order valence-electron chi connectivity index (χ1n) is 9.20. The Bertz CT molecular complexity index is 914. The molecule has 27 heavy (non-hydrogen) atoms. The van der Waals surface area contributed by atoms with Crippen molar-refractivity contribution < 1.29 is 14.0 Å². The maximum absolute atomic E-state index is 12.8. The molecule has 1 unspecified atom stereocenters. The van der Waals surface area contributed by atoms with Crippen LogP contribution in [-0.2, 0) is 16.1 Å². The van der Waals surface area contributed by atoms with Crippen molar-refractivity contribution in [3.8, 4) is 0 Å². The van der Waals surface area contributed by atoms with Crippen LogP contribution in [0.1, 0.15) is 25.8 Å². The fraction of sp³-hybridized carbons (Fsp3) is 0.526. The minimum atomic E-state index is -0.645. The van der Waals surface area contributed by atoms with Crippen LogP contribution >= 0.6 is 0 Å². The maximum atomic E-state index is 12.8. The molecule has 2 aromatic rings. The van der Waals surface area contributed by atoms with E-state index in [0.717, 1.165) is 5.56 Å². The summed E-state index contributed by atoms with van der Waals surface area (Å²) in [7, 11) is 0. The van der Waals surface area contributed by atoms with Gasteiger partial charge in [-0.05, 0) is 38.5 Å². The lowest BCUT2D eigenvalue weighted by Crippen LogP contribution is -2.61. The van der Waals surface area contributed by atoms with Crippen LogP contribution < -0.4 is 11.5 Å². The van der Waals surface area contributed by atoms with E-state index in [0.29, 0.717) is 30.7 Å². The van der Waals surface area contributed by atoms with Gasteiger partial charge in [0.1, 0.15) is 6.04 Å². The summed E-state index contributed by atoms with van der Waals surface area (Å²) in [4.78, 5) is 40.4. The van der Waals surface area contributed by atoms with Crippen molar-refractivity contribution in [3.63, 3.8) is 0 Å². The van der Waals surface area contributed by atoms with Crippen LogP contribution in [-0.4, -0.2) is 57.9 Å².